The quantitative estimate of drug-likeness (QED) is 0.514. The molecule has 0 radical (unpaired) electrons. The zero-order valence-corrected chi connectivity index (χ0v) is 19.9. The van der Waals surface area contributed by atoms with Crippen LogP contribution in [0.2, 0.25) is 0 Å². The summed E-state index contributed by atoms with van der Waals surface area (Å²) in [5.41, 5.74) is 4.03. The zero-order valence-electron chi connectivity index (χ0n) is 19.9. The Kier molecular flexibility index (Phi) is 6.76. The fourth-order valence-corrected chi connectivity index (χ4v) is 4.71. The van der Waals surface area contributed by atoms with E-state index in [1.807, 2.05) is 24.4 Å². The maximum Gasteiger partial charge on any atom is 0.471 e. The van der Waals surface area contributed by atoms with E-state index in [9.17, 15) is 18.0 Å². The highest BCUT2D eigenvalue weighted by Gasteiger charge is 2.43. The molecule has 8 nitrogen and oxygen atoms in total. The van der Waals surface area contributed by atoms with Gasteiger partial charge in [0.25, 0.3) is 0 Å². The number of fused-ring (bicyclic) bond motifs is 2. The zero-order chi connectivity index (χ0) is 25.3. The maximum atomic E-state index is 12.9. The van der Waals surface area contributed by atoms with Gasteiger partial charge < -0.3 is 19.1 Å². The van der Waals surface area contributed by atoms with Gasteiger partial charge in [-0.25, -0.2) is 4.52 Å². The number of amides is 1. The van der Waals surface area contributed by atoms with Crippen molar-refractivity contribution >= 4 is 11.4 Å². The van der Waals surface area contributed by atoms with E-state index < -0.39 is 12.1 Å². The first-order valence-corrected chi connectivity index (χ1v) is 11.8. The average Bonchev–Trinajstić information content (AvgIpc) is 3.30. The first-order valence-electron chi connectivity index (χ1n) is 11.8. The second-order valence-corrected chi connectivity index (χ2v) is 8.85. The largest absolute Gasteiger partial charge is 0.496 e. The highest BCUT2D eigenvalue weighted by Crippen LogP contribution is 2.36. The number of halogens is 3. The summed E-state index contributed by atoms with van der Waals surface area (Å²) in [6, 6.07) is 7.55. The fourth-order valence-electron chi connectivity index (χ4n) is 4.71. The van der Waals surface area contributed by atoms with Gasteiger partial charge in [0.15, 0.2) is 0 Å². The lowest BCUT2D eigenvalue weighted by atomic mass is 9.93. The van der Waals surface area contributed by atoms with Crippen molar-refractivity contribution in [2.75, 3.05) is 53.1 Å². The van der Waals surface area contributed by atoms with Crippen LogP contribution in [-0.4, -0.2) is 84.6 Å². The Balaban J connectivity index is 1.34. The van der Waals surface area contributed by atoms with E-state index in [1.54, 1.807) is 16.8 Å². The van der Waals surface area contributed by atoms with E-state index in [2.05, 4.69) is 10.00 Å². The number of aromatic nitrogens is 2. The van der Waals surface area contributed by atoms with Gasteiger partial charge in [-0.05, 0) is 35.7 Å². The summed E-state index contributed by atoms with van der Waals surface area (Å²) in [5.74, 6) is -0.669. The predicted octanol–water partition coefficient (Wildman–Crippen LogP) is 3.17. The maximum absolute atomic E-state index is 12.9. The summed E-state index contributed by atoms with van der Waals surface area (Å²) < 4.78 is 57.3. The molecule has 36 heavy (non-hydrogen) atoms. The van der Waals surface area contributed by atoms with Gasteiger partial charge in [0, 0.05) is 43.9 Å². The molecule has 0 spiro atoms. The molecule has 0 N–H and O–H groups in total. The first kappa shape index (κ1) is 24.4. The average molecular weight is 505 g/mol. The second-order valence-electron chi connectivity index (χ2n) is 8.85. The van der Waals surface area contributed by atoms with Crippen LogP contribution in [0.15, 0.2) is 36.7 Å². The molecular weight excluding hydrogens is 477 g/mol. The fraction of sp³-hybridized carbons (Fsp3) is 0.440. The molecule has 4 heterocycles. The van der Waals surface area contributed by atoms with Gasteiger partial charge in [-0.1, -0.05) is 6.07 Å². The number of carbonyl (C=O) groups is 1. The van der Waals surface area contributed by atoms with E-state index in [0.717, 1.165) is 60.0 Å². The SMILES string of the molecule is COc1cc(-c2cnn3cc(OCCN4CCOCC4)ccc23)cc2c1CN(C(=O)C(F)(F)F)CC2. The lowest BCUT2D eigenvalue weighted by molar-refractivity contribution is -0.186. The number of pyridine rings is 1. The lowest BCUT2D eigenvalue weighted by Gasteiger charge is -2.30. The van der Waals surface area contributed by atoms with Crippen LogP contribution in [0.1, 0.15) is 11.1 Å². The highest BCUT2D eigenvalue weighted by molar-refractivity contribution is 5.83. The first-order chi connectivity index (χ1) is 17.3. The normalized spacial score (nSPS) is 16.7. The summed E-state index contributed by atoms with van der Waals surface area (Å²) in [6.45, 7) is 4.56. The number of alkyl halides is 3. The summed E-state index contributed by atoms with van der Waals surface area (Å²) in [5, 5.41) is 4.47. The van der Waals surface area contributed by atoms with E-state index in [-0.39, 0.29) is 13.1 Å². The number of morpholine rings is 1. The van der Waals surface area contributed by atoms with E-state index in [0.29, 0.717) is 30.1 Å². The molecule has 0 unspecified atom stereocenters. The molecule has 11 heteroatoms. The molecule has 2 aliphatic rings. The standard InChI is InChI=1S/C25H27F3N4O4/c1-34-23-13-18(12-17-4-5-31(16-21(17)23)24(33)25(26,27)28)20-14-29-32-15-19(2-3-22(20)32)36-11-8-30-6-9-35-10-7-30/h2-3,12-15H,4-11,16H2,1H3. The van der Waals surface area contributed by atoms with Gasteiger partial charge in [0.1, 0.15) is 18.1 Å². The summed E-state index contributed by atoms with van der Waals surface area (Å²) >= 11 is 0. The van der Waals surface area contributed by atoms with Crippen LogP contribution in [0, 0.1) is 0 Å². The van der Waals surface area contributed by atoms with Crippen molar-refractivity contribution in [2.45, 2.75) is 19.1 Å². The minimum Gasteiger partial charge on any atom is -0.496 e. The monoisotopic (exact) mass is 504 g/mol. The number of rotatable bonds is 6. The third-order valence-electron chi connectivity index (χ3n) is 6.63. The van der Waals surface area contributed by atoms with Gasteiger partial charge in [0.2, 0.25) is 0 Å². The summed E-state index contributed by atoms with van der Waals surface area (Å²) in [4.78, 5) is 14.9. The van der Waals surface area contributed by atoms with Crippen LogP contribution in [-0.2, 0) is 22.5 Å². The van der Waals surface area contributed by atoms with Crippen molar-refractivity contribution in [1.82, 2.24) is 19.4 Å². The van der Waals surface area contributed by atoms with Crippen LogP contribution < -0.4 is 9.47 Å². The van der Waals surface area contributed by atoms with Gasteiger partial charge >= 0.3 is 12.1 Å². The number of nitrogens with zero attached hydrogens (tertiary/aromatic N) is 4. The Morgan fingerprint density at radius 1 is 1.17 bits per heavy atom. The number of carbonyl (C=O) groups excluding carboxylic acids is 1. The third kappa shape index (κ3) is 4.98. The molecule has 0 atom stereocenters. The Labute approximate surface area is 206 Å². The molecular formula is C25H27F3N4O4. The van der Waals surface area contributed by atoms with E-state index in [4.69, 9.17) is 14.2 Å². The van der Waals surface area contributed by atoms with Crippen LogP contribution in [0.4, 0.5) is 13.2 Å². The molecule has 3 aromatic rings. The molecule has 2 aliphatic heterocycles. The minimum atomic E-state index is -4.90. The van der Waals surface area contributed by atoms with Crippen molar-refractivity contribution < 1.29 is 32.2 Å². The number of methoxy groups -OCH3 is 1. The summed E-state index contributed by atoms with van der Waals surface area (Å²) in [6.07, 6.45) is -1.01. The van der Waals surface area contributed by atoms with Crippen molar-refractivity contribution in [3.05, 3.63) is 47.8 Å². The molecule has 0 bridgehead atoms. The van der Waals surface area contributed by atoms with Crippen molar-refractivity contribution in [3.8, 4) is 22.6 Å². The number of hydrogen-bond donors (Lipinski definition) is 0. The molecule has 192 valence electrons. The Morgan fingerprint density at radius 2 is 1.97 bits per heavy atom. The number of benzene rings is 1. The predicted molar refractivity (Wildman–Crippen MR) is 125 cm³/mol. The number of ether oxygens (including phenoxy) is 3. The molecule has 1 saturated heterocycles. The van der Waals surface area contributed by atoms with Gasteiger partial charge in [0.05, 0.1) is 38.2 Å². The van der Waals surface area contributed by atoms with E-state index in [1.165, 1.54) is 7.11 Å². The van der Waals surface area contributed by atoms with Crippen LogP contribution in [0.3, 0.4) is 0 Å². The highest BCUT2D eigenvalue weighted by atomic mass is 19.4. The summed E-state index contributed by atoms with van der Waals surface area (Å²) in [7, 11) is 1.47. The van der Waals surface area contributed by atoms with Crippen LogP contribution in [0.5, 0.6) is 11.5 Å². The van der Waals surface area contributed by atoms with Crippen LogP contribution >= 0.6 is 0 Å². The Hall–Kier alpha value is -3.31. The molecule has 2 aromatic heterocycles. The lowest BCUT2D eigenvalue weighted by Crippen LogP contribution is -2.43. The van der Waals surface area contributed by atoms with Crippen molar-refractivity contribution in [2.24, 2.45) is 0 Å². The Morgan fingerprint density at radius 3 is 2.72 bits per heavy atom. The minimum absolute atomic E-state index is 0.00212. The topological polar surface area (TPSA) is 68.5 Å². The van der Waals surface area contributed by atoms with Crippen molar-refractivity contribution in [3.63, 3.8) is 0 Å². The molecule has 0 aliphatic carbocycles. The van der Waals surface area contributed by atoms with E-state index >= 15 is 0 Å². The van der Waals surface area contributed by atoms with Gasteiger partial charge in [-0.3, -0.25) is 9.69 Å². The molecule has 1 aromatic carbocycles. The molecule has 0 saturated carbocycles. The Bertz CT molecular complexity index is 1240. The second kappa shape index (κ2) is 9.98. The van der Waals surface area contributed by atoms with Crippen LogP contribution in [0.25, 0.3) is 16.6 Å². The smallest absolute Gasteiger partial charge is 0.471 e. The molecule has 1 amide bonds. The van der Waals surface area contributed by atoms with Gasteiger partial charge in [-0.2, -0.15) is 18.3 Å². The third-order valence-corrected chi connectivity index (χ3v) is 6.63. The number of hydrogen-bond acceptors (Lipinski definition) is 6. The van der Waals surface area contributed by atoms with Crippen molar-refractivity contribution in [1.29, 1.82) is 0 Å². The molecule has 5 rings (SSSR count). The van der Waals surface area contributed by atoms with Gasteiger partial charge in [-0.15, -0.1) is 0 Å². The molecule has 1 fully saturated rings.